The van der Waals surface area contributed by atoms with E-state index in [-0.39, 0.29) is 27.8 Å². The molecule has 6 heteroatoms. The molecule has 1 heterocycles. The molecule has 2 rings (SSSR count). The lowest BCUT2D eigenvalue weighted by molar-refractivity contribution is 0.427. The van der Waals surface area contributed by atoms with Crippen molar-refractivity contribution in [3.8, 4) is 23.8 Å². The molecule has 0 atom stereocenters. The first-order valence-corrected chi connectivity index (χ1v) is 5.45. The van der Waals surface area contributed by atoms with Crippen molar-refractivity contribution < 1.29 is 9.13 Å². The Balaban J connectivity index is 2.38. The lowest BCUT2D eigenvalue weighted by Crippen LogP contribution is -1.93. The van der Waals surface area contributed by atoms with Crippen molar-refractivity contribution in [3.63, 3.8) is 0 Å². The van der Waals surface area contributed by atoms with E-state index in [0.29, 0.717) is 0 Å². The van der Waals surface area contributed by atoms with E-state index in [0.717, 1.165) is 6.07 Å². The molecule has 0 unspecified atom stereocenters. The summed E-state index contributed by atoms with van der Waals surface area (Å²) in [5, 5.41) is 17.4. The minimum Gasteiger partial charge on any atom is -0.434 e. The van der Waals surface area contributed by atoms with Crippen LogP contribution >= 0.6 is 11.6 Å². The van der Waals surface area contributed by atoms with Gasteiger partial charge in [0, 0.05) is 6.20 Å². The van der Waals surface area contributed by atoms with Gasteiger partial charge in [-0.2, -0.15) is 10.5 Å². The summed E-state index contributed by atoms with van der Waals surface area (Å²) in [5.74, 6) is -0.896. The van der Waals surface area contributed by atoms with Gasteiger partial charge in [-0.1, -0.05) is 11.6 Å². The molecule has 0 aliphatic carbocycles. The molecular weight excluding hydrogens is 269 g/mol. The van der Waals surface area contributed by atoms with Gasteiger partial charge in [-0.3, -0.25) is 0 Å². The SMILES string of the molecule is N#Cc1ccc(Oc2nccc(C#N)c2Cl)c(F)c1. The lowest BCUT2D eigenvalue weighted by Gasteiger charge is -2.07. The Bertz CT molecular complexity index is 719. The van der Waals surface area contributed by atoms with Crippen LogP contribution in [0.1, 0.15) is 11.1 Å². The van der Waals surface area contributed by atoms with Crippen LogP contribution in [0.3, 0.4) is 0 Å². The molecule has 0 amide bonds. The summed E-state index contributed by atoms with van der Waals surface area (Å²) in [6, 6.07) is 8.83. The average Bonchev–Trinajstić information content (AvgIpc) is 2.43. The second-order valence-electron chi connectivity index (χ2n) is 3.45. The fraction of sp³-hybridized carbons (Fsp3) is 0. The van der Waals surface area contributed by atoms with Gasteiger partial charge in [0.1, 0.15) is 11.1 Å². The van der Waals surface area contributed by atoms with E-state index in [2.05, 4.69) is 4.98 Å². The van der Waals surface area contributed by atoms with Gasteiger partial charge in [0.15, 0.2) is 11.6 Å². The molecule has 0 saturated carbocycles. The van der Waals surface area contributed by atoms with Gasteiger partial charge in [0.2, 0.25) is 5.88 Å². The van der Waals surface area contributed by atoms with Crippen LogP contribution in [-0.4, -0.2) is 4.98 Å². The Morgan fingerprint density at radius 3 is 2.63 bits per heavy atom. The summed E-state index contributed by atoms with van der Waals surface area (Å²) < 4.78 is 18.8. The monoisotopic (exact) mass is 273 g/mol. The van der Waals surface area contributed by atoms with E-state index in [1.54, 1.807) is 0 Å². The molecule has 0 bridgehead atoms. The fourth-order valence-corrected chi connectivity index (χ4v) is 1.53. The number of benzene rings is 1. The zero-order valence-electron chi connectivity index (χ0n) is 9.39. The number of hydrogen-bond donors (Lipinski definition) is 0. The third kappa shape index (κ3) is 2.62. The van der Waals surface area contributed by atoms with Gasteiger partial charge in [0.05, 0.1) is 17.2 Å². The second kappa shape index (κ2) is 5.34. The summed E-state index contributed by atoms with van der Waals surface area (Å²) in [5.41, 5.74) is 0.357. The van der Waals surface area contributed by atoms with Crippen molar-refractivity contribution in [1.29, 1.82) is 10.5 Å². The van der Waals surface area contributed by atoms with Crippen molar-refractivity contribution in [3.05, 3.63) is 52.4 Å². The average molecular weight is 274 g/mol. The van der Waals surface area contributed by atoms with Gasteiger partial charge in [-0.25, -0.2) is 9.37 Å². The highest BCUT2D eigenvalue weighted by molar-refractivity contribution is 6.33. The van der Waals surface area contributed by atoms with Gasteiger partial charge in [-0.05, 0) is 24.3 Å². The van der Waals surface area contributed by atoms with Crippen LogP contribution in [0, 0.1) is 28.5 Å². The van der Waals surface area contributed by atoms with Crippen molar-refractivity contribution in [2.45, 2.75) is 0 Å². The normalized spacial score (nSPS) is 9.47. The number of halogens is 2. The first-order chi connectivity index (χ1) is 9.15. The summed E-state index contributed by atoms with van der Waals surface area (Å²) in [4.78, 5) is 3.83. The topological polar surface area (TPSA) is 69.7 Å². The molecule has 0 aliphatic heterocycles. The molecule has 0 spiro atoms. The Kier molecular flexibility index (Phi) is 3.61. The minimum absolute atomic E-state index is 0.00811. The molecule has 0 fully saturated rings. The smallest absolute Gasteiger partial charge is 0.239 e. The van der Waals surface area contributed by atoms with Gasteiger partial charge in [0.25, 0.3) is 0 Å². The molecule has 2 aromatic rings. The largest absolute Gasteiger partial charge is 0.434 e. The Hall–Kier alpha value is -2.63. The number of nitrogens with zero attached hydrogens (tertiary/aromatic N) is 3. The summed E-state index contributed by atoms with van der Waals surface area (Å²) in [6.45, 7) is 0. The fourth-order valence-electron chi connectivity index (χ4n) is 1.34. The van der Waals surface area contributed by atoms with E-state index in [1.807, 2.05) is 12.1 Å². The number of hydrogen-bond acceptors (Lipinski definition) is 4. The molecule has 1 aromatic carbocycles. The van der Waals surface area contributed by atoms with E-state index in [9.17, 15) is 4.39 Å². The maximum Gasteiger partial charge on any atom is 0.239 e. The van der Waals surface area contributed by atoms with Crippen LogP contribution < -0.4 is 4.74 Å². The van der Waals surface area contributed by atoms with Crippen LogP contribution in [0.5, 0.6) is 11.6 Å². The molecule has 0 radical (unpaired) electrons. The lowest BCUT2D eigenvalue weighted by atomic mass is 10.2. The molecule has 0 saturated heterocycles. The Labute approximate surface area is 113 Å². The first kappa shape index (κ1) is 12.8. The van der Waals surface area contributed by atoms with Crippen molar-refractivity contribution in [2.75, 3.05) is 0 Å². The molecular formula is C13H5ClFN3O. The predicted molar refractivity (Wildman–Crippen MR) is 65.2 cm³/mol. The zero-order valence-corrected chi connectivity index (χ0v) is 10.1. The third-order valence-corrected chi connectivity index (χ3v) is 2.61. The number of rotatable bonds is 2. The third-order valence-electron chi connectivity index (χ3n) is 2.25. The Morgan fingerprint density at radius 2 is 2.00 bits per heavy atom. The quantitative estimate of drug-likeness (QED) is 0.841. The number of ether oxygens (including phenoxy) is 1. The van der Waals surface area contributed by atoms with Gasteiger partial charge in [-0.15, -0.1) is 0 Å². The van der Waals surface area contributed by atoms with Crippen LogP contribution in [0.25, 0.3) is 0 Å². The molecule has 0 N–H and O–H groups in total. The van der Waals surface area contributed by atoms with Gasteiger partial charge >= 0.3 is 0 Å². The summed E-state index contributed by atoms with van der Waals surface area (Å²) in [6.07, 6.45) is 1.33. The maximum absolute atomic E-state index is 13.6. The number of pyridine rings is 1. The predicted octanol–water partition coefficient (Wildman–Crippen LogP) is 3.41. The van der Waals surface area contributed by atoms with E-state index < -0.39 is 5.82 Å². The van der Waals surface area contributed by atoms with Crippen LogP contribution in [0.2, 0.25) is 5.02 Å². The Morgan fingerprint density at radius 1 is 1.21 bits per heavy atom. The summed E-state index contributed by atoms with van der Waals surface area (Å²) in [7, 11) is 0. The molecule has 4 nitrogen and oxygen atoms in total. The standard InChI is InChI=1S/C13H5ClFN3O/c14-12-9(7-17)3-4-18-13(12)19-11-2-1-8(6-16)5-10(11)15/h1-5H. The highest BCUT2D eigenvalue weighted by Crippen LogP contribution is 2.30. The van der Waals surface area contributed by atoms with Crippen molar-refractivity contribution in [2.24, 2.45) is 0 Å². The van der Waals surface area contributed by atoms with Crippen molar-refractivity contribution >= 4 is 11.6 Å². The van der Waals surface area contributed by atoms with Crippen molar-refractivity contribution in [1.82, 2.24) is 4.98 Å². The van der Waals surface area contributed by atoms with Crippen LogP contribution in [0.4, 0.5) is 4.39 Å². The van der Waals surface area contributed by atoms with Crippen LogP contribution in [-0.2, 0) is 0 Å². The molecule has 1 aromatic heterocycles. The molecule has 92 valence electrons. The summed E-state index contributed by atoms with van der Waals surface area (Å²) >= 11 is 5.88. The van der Waals surface area contributed by atoms with E-state index >= 15 is 0 Å². The molecule has 19 heavy (non-hydrogen) atoms. The highest BCUT2D eigenvalue weighted by Gasteiger charge is 2.12. The van der Waals surface area contributed by atoms with E-state index in [1.165, 1.54) is 24.4 Å². The number of aromatic nitrogens is 1. The first-order valence-electron chi connectivity index (χ1n) is 5.08. The zero-order chi connectivity index (χ0) is 13.8. The second-order valence-corrected chi connectivity index (χ2v) is 3.83. The number of nitriles is 2. The van der Waals surface area contributed by atoms with Crippen LogP contribution in [0.15, 0.2) is 30.5 Å². The minimum atomic E-state index is -0.709. The maximum atomic E-state index is 13.6. The highest BCUT2D eigenvalue weighted by atomic mass is 35.5. The van der Waals surface area contributed by atoms with E-state index in [4.69, 9.17) is 26.9 Å². The molecule has 0 aliphatic rings. The van der Waals surface area contributed by atoms with Gasteiger partial charge < -0.3 is 4.74 Å².